The van der Waals surface area contributed by atoms with Gasteiger partial charge in [-0.2, -0.15) is 0 Å². The maximum atomic E-state index is 2.29. The molecular formula is C13H11BS. The van der Waals surface area contributed by atoms with Crippen LogP contribution in [0.1, 0.15) is 5.56 Å². The fourth-order valence-electron chi connectivity index (χ4n) is 2.01. The monoisotopic (exact) mass is 210 g/mol. The van der Waals surface area contributed by atoms with Crippen LogP contribution in [0.3, 0.4) is 0 Å². The highest BCUT2D eigenvalue weighted by molar-refractivity contribution is 7.25. The van der Waals surface area contributed by atoms with Gasteiger partial charge in [-0.25, -0.2) is 0 Å². The largest absolute Gasteiger partial charge is 0.139 e. The second kappa shape index (κ2) is 3.11. The number of rotatable bonds is 0. The third-order valence-electron chi connectivity index (χ3n) is 2.78. The van der Waals surface area contributed by atoms with Crippen molar-refractivity contribution in [2.45, 2.75) is 6.92 Å². The van der Waals surface area contributed by atoms with E-state index in [1.54, 1.807) is 0 Å². The number of thiophene rings is 1. The first-order valence-electron chi connectivity index (χ1n) is 5.13. The molecule has 2 heteroatoms. The fourth-order valence-corrected chi connectivity index (χ4v) is 3.07. The van der Waals surface area contributed by atoms with E-state index in [0.29, 0.717) is 0 Å². The van der Waals surface area contributed by atoms with Gasteiger partial charge in [0.1, 0.15) is 7.85 Å². The maximum absolute atomic E-state index is 2.29. The molecule has 0 unspecified atom stereocenters. The van der Waals surface area contributed by atoms with Crippen LogP contribution in [0.15, 0.2) is 36.4 Å². The summed E-state index contributed by atoms with van der Waals surface area (Å²) in [6, 6.07) is 13.4. The van der Waals surface area contributed by atoms with Crippen LogP contribution in [-0.4, -0.2) is 7.85 Å². The van der Waals surface area contributed by atoms with Gasteiger partial charge in [-0.1, -0.05) is 29.2 Å². The Morgan fingerprint density at radius 3 is 2.40 bits per heavy atom. The van der Waals surface area contributed by atoms with Crippen molar-refractivity contribution in [3.05, 3.63) is 42.0 Å². The third kappa shape index (κ3) is 1.37. The Bertz CT molecular complexity index is 596. The first-order chi connectivity index (χ1) is 7.24. The summed E-state index contributed by atoms with van der Waals surface area (Å²) >= 11 is 1.88. The molecule has 0 radical (unpaired) electrons. The van der Waals surface area contributed by atoms with Gasteiger partial charge in [0.05, 0.1) is 0 Å². The van der Waals surface area contributed by atoms with E-state index in [4.69, 9.17) is 0 Å². The molecule has 15 heavy (non-hydrogen) atoms. The number of aryl methyl sites for hydroxylation is 1. The van der Waals surface area contributed by atoms with Crippen LogP contribution in [0, 0.1) is 6.92 Å². The van der Waals surface area contributed by atoms with Crippen molar-refractivity contribution in [1.29, 1.82) is 0 Å². The third-order valence-corrected chi connectivity index (χ3v) is 3.93. The van der Waals surface area contributed by atoms with E-state index >= 15 is 0 Å². The highest BCUT2D eigenvalue weighted by Gasteiger charge is 2.04. The minimum atomic E-state index is 1.34. The van der Waals surface area contributed by atoms with Gasteiger partial charge < -0.3 is 0 Å². The number of fused-ring (bicyclic) bond motifs is 3. The van der Waals surface area contributed by atoms with E-state index in [0.717, 1.165) is 0 Å². The molecule has 0 spiro atoms. The quantitative estimate of drug-likeness (QED) is 0.500. The molecule has 0 saturated carbocycles. The number of hydrogen-bond acceptors (Lipinski definition) is 1. The van der Waals surface area contributed by atoms with E-state index in [2.05, 4.69) is 51.2 Å². The Morgan fingerprint density at radius 1 is 0.933 bits per heavy atom. The Hall–Kier alpha value is -1.28. The molecule has 0 N–H and O–H groups in total. The Balaban J connectivity index is 2.55. The second-order valence-corrected chi connectivity index (χ2v) is 5.19. The van der Waals surface area contributed by atoms with Crippen LogP contribution < -0.4 is 5.46 Å². The van der Waals surface area contributed by atoms with E-state index in [-0.39, 0.29) is 0 Å². The molecule has 0 atom stereocenters. The highest BCUT2D eigenvalue weighted by atomic mass is 32.1. The summed E-state index contributed by atoms with van der Waals surface area (Å²) in [5.41, 5.74) is 2.67. The van der Waals surface area contributed by atoms with Gasteiger partial charge in [0, 0.05) is 14.8 Å². The molecule has 72 valence electrons. The predicted octanol–water partition coefficient (Wildman–Crippen LogP) is 2.62. The van der Waals surface area contributed by atoms with E-state index in [1.807, 2.05) is 11.3 Å². The maximum Gasteiger partial charge on any atom is 0.139 e. The van der Waals surface area contributed by atoms with Gasteiger partial charge in [-0.15, -0.1) is 11.3 Å². The molecule has 0 aliphatic rings. The second-order valence-electron chi connectivity index (χ2n) is 4.10. The highest BCUT2D eigenvalue weighted by Crippen LogP contribution is 2.33. The molecule has 1 heterocycles. The van der Waals surface area contributed by atoms with Crippen molar-refractivity contribution >= 4 is 44.8 Å². The normalized spacial score (nSPS) is 11.3. The van der Waals surface area contributed by atoms with Gasteiger partial charge >= 0.3 is 0 Å². The van der Waals surface area contributed by atoms with Crippen molar-refractivity contribution in [3.8, 4) is 0 Å². The number of hydrogen-bond donors (Lipinski definition) is 0. The molecule has 2 aromatic carbocycles. The molecule has 0 bridgehead atoms. The van der Waals surface area contributed by atoms with Crippen molar-refractivity contribution in [1.82, 2.24) is 0 Å². The molecule has 3 aromatic rings. The molecule has 0 saturated heterocycles. The smallest absolute Gasteiger partial charge is 0.135 e. The average molecular weight is 210 g/mol. The lowest BCUT2D eigenvalue weighted by Gasteiger charge is -1.95. The van der Waals surface area contributed by atoms with Crippen molar-refractivity contribution < 1.29 is 0 Å². The first kappa shape index (κ1) is 8.99. The minimum Gasteiger partial charge on any atom is -0.135 e. The van der Waals surface area contributed by atoms with Crippen LogP contribution in [0.4, 0.5) is 0 Å². The van der Waals surface area contributed by atoms with Crippen LogP contribution >= 0.6 is 11.3 Å². The SMILES string of the molecule is Bc1ccc2sc3ccc(C)cc3c2c1. The Labute approximate surface area is 94.0 Å². The summed E-state index contributed by atoms with van der Waals surface area (Å²) in [6.07, 6.45) is 0. The molecule has 3 rings (SSSR count). The van der Waals surface area contributed by atoms with Crippen molar-refractivity contribution in [2.75, 3.05) is 0 Å². The molecule has 0 aliphatic carbocycles. The first-order valence-corrected chi connectivity index (χ1v) is 5.95. The van der Waals surface area contributed by atoms with Crippen LogP contribution in [0.25, 0.3) is 20.2 Å². The summed E-state index contributed by atoms with van der Waals surface area (Å²) in [5, 5.41) is 2.80. The molecule has 0 aliphatic heterocycles. The summed E-state index contributed by atoms with van der Waals surface area (Å²) < 4.78 is 2.78. The van der Waals surface area contributed by atoms with Crippen molar-refractivity contribution in [2.24, 2.45) is 0 Å². The zero-order valence-corrected chi connectivity index (χ0v) is 9.69. The Kier molecular flexibility index (Phi) is 1.86. The molecule has 0 amide bonds. The van der Waals surface area contributed by atoms with Gasteiger partial charge in [-0.3, -0.25) is 0 Å². The van der Waals surface area contributed by atoms with Crippen LogP contribution in [-0.2, 0) is 0 Å². The van der Waals surface area contributed by atoms with Gasteiger partial charge in [0.2, 0.25) is 0 Å². The standard InChI is InChI=1S/C13H11BS/c1-8-2-4-12-10(6-8)11-7-9(14)3-5-13(11)15-12/h2-7H,14H2,1H3. The van der Waals surface area contributed by atoms with E-state index in [1.165, 1.54) is 31.2 Å². The lowest BCUT2D eigenvalue weighted by molar-refractivity contribution is 1.52. The minimum absolute atomic E-state index is 1.34. The van der Waals surface area contributed by atoms with Crippen LogP contribution in [0.2, 0.25) is 0 Å². The lowest BCUT2D eigenvalue weighted by Crippen LogP contribution is -1.98. The average Bonchev–Trinajstić information content (AvgIpc) is 2.56. The number of benzene rings is 2. The summed E-state index contributed by atoms with van der Waals surface area (Å²) in [5.74, 6) is 0. The molecule has 1 aromatic heterocycles. The van der Waals surface area contributed by atoms with Gasteiger partial charge in [0.15, 0.2) is 0 Å². The molecule has 0 nitrogen and oxygen atoms in total. The van der Waals surface area contributed by atoms with Crippen molar-refractivity contribution in [3.63, 3.8) is 0 Å². The topological polar surface area (TPSA) is 0 Å². The van der Waals surface area contributed by atoms with E-state index < -0.39 is 0 Å². The Morgan fingerprint density at radius 2 is 1.60 bits per heavy atom. The molecular weight excluding hydrogens is 199 g/mol. The van der Waals surface area contributed by atoms with Crippen LogP contribution in [0.5, 0.6) is 0 Å². The fraction of sp³-hybridized carbons (Fsp3) is 0.0769. The summed E-state index contributed by atoms with van der Waals surface area (Å²) in [7, 11) is 2.15. The summed E-state index contributed by atoms with van der Waals surface area (Å²) in [6.45, 7) is 2.15. The zero-order valence-electron chi connectivity index (χ0n) is 8.87. The summed E-state index contributed by atoms with van der Waals surface area (Å²) in [4.78, 5) is 0. The molecule has 0 fully saturated rings. The van der Waals surface area contributed by atoms with Gasteiger partial charge in [-0.05, 0) is 30.5 Å². The lowest BCUT2D eigenvalue weighted by atomic mass is 9.94. The van der Waals surface area contributed by atoms with E-state index in [9.17, 15) is 0 Å². The van der Waals surface area contributed by atoms with Gasteiger partial charge in [0.25, 0.3) is 0 Å². The predicted molar refractivity (Wildman–Crippen MR) is 72.2 cm³/mol. The zero-order chi connectivity index (χ0) is 10.4.